The Bertz CT molecular complexity index is 170. The van der Waals surface area contributed by atoms with Gasteiger partial charge in [0.05, 0.1) is 13.2 Å². The van der Waals surface area contributed by atoms with Crippen LogP contribution in [0.4, 0.5) is 0 Å². The molecule has 1 atom stereocenters. The molecule has 0 radical (unpaired) electrons. The van der Waals surface area contributed by atoms with Crippen LogP contribution >= 0.6 is 0 Å². The molecule has 1 fully saturated rings. The molecule has 0 saturated carbocycles. The summed E-state index contributed by atoms with van der Waals surface area (Å²) in [6, 6.07) is 0. The topological polar surface area (TPSA) is 49.8 Å². The molecule has 4 heteroatoms. The number of rotatable bonds is 4. The number of nitrogens with zero attached hydrogens (tertiary/aromatic N) is 1. The van der Waals surface area contributed by atoms with Gasteiger partial charge < -0.3 is 9.84 Å². The van der Waals surface area contributed by atoms with Crippen molar-refractivity contribution < 1.29 is 14.6 Å². The van der Waals surface area contributed by atoms with Crippen LogP contribution in [0, 0.1) is 5.92 Å². The number of hydrogen-bond donors (Lipinski definition) is 1. The molecule has 1 aliphatic heterocycles. The van der Waals surface area contributed by atoms with Crippen LogP contribution < -0.4 is 0 Å². The molecule has 1 aliphatic rings. The molecular weight excluding hydrogens is 170 g/mol. The van der Waals surface area contributed by atoms with E-state index >= 15 is 0 Å². The minimum Gasteiger partial charge on any atom is -0.480 e. The first-order valence-electron chi connectivity index (χ1n) is 4.65. The Hall–Kier alpha value is -0.610. The van der Waals surface area contributed by atoms with Crippen LogP contribution in [0.5, 0.6) is 0 Å². The molecular formula is C9H17NO3. The van der Waals surface area contributed by atoms with E-state index in [1.165, 1.54) is 0 Å². The van der Waals surface area contributed by atoms with E-state index in [9.17, 15) is 4.79 Å². The van der Waals surface area contributed by atoms with Crippen molar-refractivity contribution in [3.8, 4) is 0 Å². The van der Waals surface area contributed by atoms with Gasteiger partial charge in [-0.1, -0.05) is 0 Å². The zero-order valence-corrected chi connectivity index (χ0v) is 8.03. The Morgan fingerprint density at radius 3 is 3.08 bits per heavy atom. The summed E-state index contributed by atoms with van der Waals surface area (Å²) in [5, 5.41) is 8.61. The molecule has 1 heterocycles. The zero-order valence-electron chi connectivity index (χ0n) is 8.03. The fourth-order valence-corrected chi connectivity index (χ4v) is 1.86. The number of carboxylic acid groups (broad SMARTS) is 1. The third-order valence-corrected chi connectivity index (χ3v) is 2.36. The van der Waals surface area contributed by atoms with Crippen LogP contribution in [0.2, 0.25) is 0 Å². The summed E-state index contributed by atoms with van der Waals surface area (Å²) in [6.07, 6.45) is 2.24. The molecule has 13 heavy (non-hydrogen) atoms. The van der Waals surface area contributed by atoms with Crippen LogP contribution in [0.1, 0.15) is 12.8 Å². The van der Waals surface area contributed by atoms with E-state index in [-0.39, 0.29) is 6.54 Å². The minimum absolute atomic E-state index is 0.167. The van der Waals surface area contributed by atoms with E-state index in [2.05, 4.69) is 0 Å². The summed E-state index contributed by atoms with van der Waals surface area (Å²) in [6.45, 7) is 2.68. The van der Waals surface area contributed by atoms with Gasteiger partial charge in [-0.3, -0.25) is 9.69 Å². The van der Waals surface area contributed by atoms with Crippen LogP contribution in [-0.4, -0.2) is 49.3 Å². The van der Waals surface area contributed by atoms with Gasteiger partial charge in [-0.2, -0.15) is 0 Å². The lowest BCUT2D eigenvalue weighted by molar-refractivity contribution is -0.138. The second-order valence-corrected chi connectivity index (χ2v) is 3.59. The van der Waals surface area contributed by atoms with Gasteiger partial charge in [0, 0.05) is 13.7 Å². The first-order valence-corrected chi connectivity index (χ1v) is 4.65. The van der Waals surface area contributed by atoms with Crippen LogP contribution in [-0.2, 0) is 9.53 Å². The van der Waals surface area contributed by atoms with Gasteiger partial charge >= 0.3 is 5.97 Å². The lowest BCUT2D eigenvalue weighted by atomic mass is 9.99. The van der Waals surface area contributed by atoms with Gasteiger partial charge in [-0.25, -0.2) is 0 Å². The predicted octanol–water partition coefficient (Wildman–Crippen LogP) is 0.429. The number of methoxy groups -OCH3 is 1. The van der Waals surface area contributed by atoms with E-state index in [0.29, 0.717) is 5.92 Å². The average molecular weight is 187 g/mol. The van der Waals surface area contributed by atoms with Gasteiger partial charge in [0.2, 0.25) is 0 Å². The summed E-state index contributed by atoms with van der Waals surface area (Å²) >= 11 is 0. The van der Waals surface area contributed by atoms with Crippen molar-refractivity contribution in [1.29, 1.82) is 0 Å². The van der Waals surface area contributed by atoms with Crippen LogP contribution in [0.15, 0.2) is 0 Å². The third-order valence-electron chi connectivity index (χ3n) is 2.36. The fourth-order valence-electron chi connectivity index (χ4n) is 1.86. The van der Waals surface area contributed by atoms with E-state index in [1.54, 1.807) is 7.11 Å². The van der Waals surface area contributed by atoms with E-state index in [1.807, 2.05) is 4.90 Å². The van der Waals surface area contributed by atoms with Crippen molar-refractivity contribution >= 4 is 5.97 Å². The highest BCUT2D eigenvalue weighted by Gasteiger charge is 2.20. The smallest absolute Gasteiger partial charge is 0.317 e. The average Bonchev–Trinajstić information content (AvgIpc) is 2.04. The molecule has 0 amide bonds. The Balaban J connectivity index is 2.28. The number of carboxylic acids is 1. The quantitative estimate of drug-likeness (QED) is 0.693. The molecule has 0 aromatic carbocycles. The first kappa shape index (κ1) is 10.5. The number of carbonyl (C=O) groups is 1. The third kappa shape index (κ3) is 3.74. The minimum atomic E-state index is -0.738. The molecule has 0 unspecified atom stereocenters. The largest absolute Gasteiger partial charge is 0.480 e. The Morgan fingerprint density at radius 1 is 1.69 bits per heavy atom. The predicted molar refractivity (Wildman–Crippen MR) is 48.7 cm³/mol. The molecule has 0 bridgehead atoms. The highest BCUT2D eigenvalue weighted by Crippen LogP contribution is 2.15. The molecule has 1 rings (SSSR count). The van der Waals surface area contributed by atoms with Crippen molar-refractivity contribution in [2.75, 3.05) is 33.4 Å². The summed E-state index contributed by atoms with van der Waals surface area (Å²) in [5.74, 6) is -0.226. The van der Waals surface area contributed by atoms with Crippen molar-refractivity contribution in [3.05, 3.63) is 0 Å². The van der Waals surface area contributed by atoms with Gasteiger partial charge in [0.15, 0.2) is 0 Å². The number of ether oxygens (including phenoxy) is 1. The standard InChI is InChI=1S/C9H17NO3/c1-13-7-8-3-2-4-10(5-8)6-9(11)12/h8H,2-7H2,1H3,(H,11,12)/t8-/m1/s1. The zero-order chi connectivity index (χ0) is 9.68. The van der Waals surface area contributed by atoms with Crippen molar-refractivity contribution in [3.63, 3.8) is 0 Å². The second-order valence-electron chi connectivity index (χ2n) is 3.59. The monoisotopic (exact) mass is 187 g/mol. The van der Waals surface area contributed by atoms with Crippen molar-refractivity contribution in [2.45, 2.75) is 12.8 Å². The molecule has 0 aliphatic carbocycles. The Labute approximate surface area is 78.5 Å². The lowest BCUT2D eigenvalue weighted by Crippen LogP contribution is -2.40. The Kier molecular flexibility index (Phi) is 4.18. The molecule has 0 aromatic rings. The fraction of sp³-hybridized carbons (Fsp3) is 0.889. The van der Waals surface area contributed by atoms with Gasteiger partial charge in [0.1, 0.15) is 0 Å². The molecule has 0 aromatic heterocycles. The SMILES string of the molecule is COC[C@@H]1CCCN(CC(=O)O)C1. The van der Waals surface area contributed by atoms with E-state index < -0.39 is 5.97 Å². The van der Waals surface area contributed by atoms with E-state index in [4.69, 9.17) is 9.84 Å². The Morgan fingerprint density at radius 2 is 2.46 bits per heavy atom. The van der Waals surface area contributed by atoms with Crippen molar-refractivity contribution in [2.24, 2.45) is 5.92 Å². The summed E-state index contributed by atoms with van der Waals surface area (Å²) in [4.78, 5) is 12.4. The summed E-state index contributed by atoms with van der Waals surface area (Å²) in [7, 11) is 1.69. The first-order chi connectivity index (χ1) is 6.22. The summed E-state index contributed by atoms with van der Waals surface area (Å²) in [5.41, 5.74) is 0. The van der Waals surface area contributed by atoms with Crippen molar-refractivity contribution in [1.82, 2.24) is 4.90 Å². The number of piperidine rings is 1. The number of likely N-dealkylation sites (tertiary alicyclic amines) is 1. The maximum Gasteiger partial charge on any atom is 0.317 e. The van der Waals surface area contributed by atoms with Gasteiger partial charge in [-0.15, -0.1) is 0 Å². The maximum atomic E-state index is 10.5. The van der Waals surface area contributed by atoms with Gasteiger partial charge in [-0.05, 0) is 25.3 Å². The molecule has 0 spiro atoms. The summed E-state index contributed by atoms with van der Waals surface area (Å²) < 4.78 is 5.06. The maximum absolute atomic E-state index is 10.5. The number of hydrogen-bond acceptors (Lipinski definition) is 3. The molecule has 4 nitrogen and oxygen atoms in total. The number of aliphatic carboxylic acids is 1. The molecule has 1 N–H and O–H groups in total. The van der Waals surface area contributed by atoms with Crippen LogP contribution in [0.3, 0.4) is 0 Å². The highest BCUT2D eigenvalue weighted by molar-refractivity contribution is 5.69. The van der Waals surface area contributed by atoms with Gasteiger partial charge in [0.25, 0.3) is 0 Å². The molecule has 1 saturated heterocycles. The molecule has 76 valence electrons. The second kappa shape index (κ2) is 5.19. The highest BCUT2D eigenvalue weighted by atomic mass is 16.5. The lowest BCUT2D eigenvalue weighted by Gasteiger charge is -2.30. The normalized spacial score (nSPS) is 24.5. The van der Waals surface area contributed by atoms with E-state index in [0.717, 1.165) is 32.5 Å². The van der Waals surface area contributed by atoms with Crippen LogP contribution in [0.25, 0.3) is 0 Å².